The highest BCUT2D eigenvalue weighted by molar-refractivity contribution is 5.73. The summed E-state index contributed by atoms with van der Waals surface area (Å²) in [5.41, 5.74) is 2.91. The van der Waals surface area contributed by atoms with Crippen molar-refractivity contribution in [2.24, 2.45) is 40.4 Å². The van der Waals surface area contributed by atoms with Crippen molar-refractivity contribution in [1.82, 2.24) is 4.90 Å². The third-order valence-corrected chi connectivity index (χ3v) is 11.2. The van der Waals surface area contributed by atoms with Crippen molar-refractivity contribution in [3.63, 3.8) is 0 Å². The van der Waals surface area contributed by atoms with E-state index in [1.165, 1.54) is 11.1 Å². The minimum Gasteiger partial charge on any atom is -0.393 e. The monoisotopic (exact) mass is 455 g/mol. The third kappa shape index (κ3) is 3.49. The Hall–Kier alpha value is -1.13. The summed E-state index contributed by atoms with van der Waals surface area (Å²) in [5.74, 6) is 2.63. The molecular formula is C29H45NO3. The van der Waals surface area contributed by atoms with Gasteiger partial charge in [-0.25, -0.2) is 0 Å². The van der Waals surface area contributed by atoms with Gasteiger partial charge in [0.25, 0.3) is 0 Å². The van der Waals surface area contributed by atoms with Crippen LogP contribution in [-0.4, -0.2) is 45.8 Å². The Balaban J connectivity index is 1.44. The molecule has 1 saturated heterocycles. The molecule has 0 unspecified atom stereocenters. The maximum absolute atomic E-state index is 12.5. The molecule has 0 aromatic rings. The predicted molar refractivity (Wildman–Crippen MR) is 131 cm³/mol. The minimum atomic E-state index is -0.345. The zero-order valence-electron chi connectivity index (χ0n) is 21.4. The first-order valence-electron chi connectivity index (χ1n) is 13.6. The van der Waals surface area contributed by atoms with Gasteiger partial charge >= 0.3 is 0 Å². The first-order chi connectivity index (χ1) is 15.6. The number of nitrogens with zero attached hydrogens (tertiary/aromatic N) is 1. The van der Waals surface area contributed by atoms with Crippen LogP contribution in [0.5, 0.6) is 0 Å². The van der Waals surface area contributed by atoms with Gasteiger partial charge in [-0.15, -0.1) is 0 Å². The molecule has 1 heterocycles. The molecule has 0 aromatic carbocycles. The largest absolute Gasteiger partial charge is 0.393 e. The van der Waals surface area contributed by atoms with Crippen LogP contribution in [0.15, 0.2) is 23.3 Å². The summed E-state index contributed by atoms with van der Waals surface area (Å²) in [4.78, 5) is 14.7. The number of carbonyl (C=O) groups is 1. The lowest BCUT2D eigenvalue weighted by Gasteiger charge is -2.54. The van der Waals surface area contributed by atoms with E-state index in [0.717, 1.165) is 57.9 Å². The average molecular weight is 456 g/mol. The molecule has 10 atom stereocenters. The Morgan fingerprint density at radius 1 is 1.15 bits per heavy atom. The zero-order chi connectivity index (χ0) is 23.7. The fourth-order valence-corrected chi connectivity index (χ4v) is 9.01. The molecule has 5 rings (SSSR count). The van der Waals surface area contributed by atoms with Crippen LogP contribution in [0.25, 0.3) is 0 Å². The molecule has 0 spiro atoms. The summed E-state index contributed by atoms with van der Waals surface area (Å²) < 4.78 is 0. The van der Waals surface area contributed by atoms with Gasteiger partial charge in [0.1, 0.15) is 0 Å². The van der Waals surface area contributed by atoms with Crippen LogP contribution >= 0.6 is 0 Å². The Kier molecular flexibility index (Phi) is 5.88. The lowest BCUT2D eigenvalue weighted by Crippen LogP contribution is -2.54. The number of likely N-dealkylation sites (tertiary alicyclic amines) is 1. The molecule has 2 N–H and O–H groups in total. The number of allylic oxidation sites excluding steroid dienone is 2. The SMILES string of the molecule is CC(=O)N1C[C@@H](C)CC[C@H]1[C@@H](C)[C@@]1(C)C2=CC[C@H]3[C@@H](CC=C4C[C@@H](O)CC[C@@]43C)[C@@H]2C[C@@H]1O. The van der Waals surface area contributed by atoms with E-state index in [9.17, 15) is 15.0 Å². The molecule has 4 aliphatic carbocycles. The second-order valence-electron chi connectivity index (χ2n) is 12.8. The maximum Gasteiger partial charge on any atom is 0.219 e. The second kappa shape index (κ2) is 8.22. The van der Waals surface area contributed by atoms with Gasteiger partial charge in [0.2, 0.25) is 5.91 Å². The van der Waals surface area contributed by atoms with Crippen molar-refractivity contribution in [1.29, 1.82) is 0 Å². The van der Waals surface area contributed by atoms with Crippen LogP contribution in [0, 0.1) is 40.4 Å². The fourth-order valence-electron chi connectivity index (χ4n) is 9.01. The van der Waals surface area contributed by atoms with E-state index in [0.29, 0.717) is 23.7 Å². The fraction of sp³-hybridized carbons (Fsp3) is 0.828. The highest BCUT2D eigenvalue weighted by atomic mass is 16.3. The van der Waals surface area contributed by atoms with Crippen LogP contribution in [-0.2, 0) is 4.79 Å². The second-order valence-corrected chi connectivity index (χ2v) is 12.8. The van der Waals surface area contributed by atoms with Gasteiger partial charge in [-0.3, -0.25) is 4.79 Å². The van der Waals surface area contributed by atoms with Gasteiger partial charge in [-0.05, 0) is 86.4 Å². The standard InChI is InChI=1S/C29H45NO3/c1-17-6-11-26(30(16-17)19(3)31)18(2)29(5)25-10-9-24-22(23(25)15-27(29)33)8-7-20-14-21(32)12-13-28(20,24)4/h7,10,17-18,21-24,26-27,32-33H,6,8-9,11-16H2,1-5H3/t17-,18+,21-,22-,23-,24-,26-,27-,28-,29-/m0/s1. The summed E-state index contributed by atoms with van der Waals surface area (Å²) in [5, 5.41) is 21.8. The van der Waals surface area contributed by atoms with E-state index in [1.54, 1.807) is 6.92 Å². The predicted octanol–water partition coefficient (Wildman–Crippen LogP) is 5.10. The molecule has 33 heavy (non-hydrogen) atoms. The molecule has 4 heteroatoms. The number of hydrogen-bond acceptors (Lipinski definition) is 3. The minimum absolute atomic E-state index is 0.171. The molecule has 184 valence electrons. The van der Waals surface area contributed by atoms with Gasteiger partial charge in [0.15, 0.2) is 0 Å². The smallest absolute Gasteiger partial charge is 0.219 e. The molecule has 0 aromatic heterocycles. The third-order valence-electron chi connectivity index (χ3n) is 11.2. The van der Waals surface area contributed by atoms with Crippen LogP contribution in [0.4, 0.5) is 0 Å². The van der Waals surface area contributed by atoms with Gasteiger partial charge < -0.3 is 15.1 Å². The summed E-state index contributed by atoms with van der Waals surface area (Å²) >= 11 is 0. The first-order valence-corrected chi connectivity index (χ1v) is 13.6. The zero-order valence-corrected chi connectivity index (χ0v) is 21.4. The number of piperidine rings is 1. The number of aliphatic hydroxyl groups is 2. The van der Waals surface area contributed by atoms with Crippen molar-refractivity contribution in [2.45, 2.75) is 104 Å². The van der Waals surface area contributed by atoms with E-state index in [4.69, 9.17) is 0 Å². The molecule has 3 fully saturated rings. The molecule has 0 radical (unpaired) electrons. The van der Waals surface area contributed by atoms with E-state index >= 15 is 0 Å². The quantitative estimate of drug-likeness (QED) is 0.570. The first kappa shape index (κ1) is 23.6. The number of fused-ring (bicyclic) bond motifs is 5. The normalized spacial score (nSPS) is 48.2. The van der Waals surface area contributed by atoms with E-state index in [1.807, 2.05) is 0 Å². The molecule has 5 aliphatic rings. The van der Waals surface area contributed by atoms with Crippen molar-refractivity contribution < 1.29 is 15.0 Å². The molecule has 0 bridgehead atoms. The van der Waals surface area contributed by atoms with Crippen LogP contribution in [0.2, 0.25) is 0 Å². The highest BCUT2D eigenvalue weighted by Crippen LogP contribution is 2.64. The summed E-state index contributed by atoms with van der Waals surface area (Å²) in [6, 6.07) is 0.214. The molecule has 1 aliphatic heterocycles. The Labute approximate surface area is 200 Å². The van der Waals surface area contributed by atoms with Crippen molar-refractivity contribution in [3.8, 4) is 0 Å². The number of amides is 1. The Morgan fingerprint density at radius 3 is 2.64 bits per heavy atom. The van der Waals surface area contributed by atoms with Crippen LogP contribution in [0.1, 0.15) is 86.0 Å². The van der Waals surface area contributed by atoms with Crippen molar-refractivity contribution in [2.75, 3.05) is 6.54 Å². The topological polar surface area (TPSA) is 60.8 Å². The maximum atomic E-state index is 12.5. The molecule has 4 nitrogen and oxygen atoms in total. The Morgan fingerprint density at radius 2 is 1.91 bits per heavy atom. The summed E-state index contributed by atoms with van der Waals surface area (Å²) in [7, 11) is 0. The summed E-state index contributed by atoms with van der Waals surface area (Å²) in [6.07, 6.45) is 12.5. The van der Waals surface area contributed by atoms with Gasteiger partial charge in [0, 0.05) is 24.9 Å². The number of carbonyl (C=O) groups excluding carboxylic acids is 1. The van der Waals surface area contributed by atoms with E-state index in [2.05, 4.69) is 44.7 Å². The lowest BCUT2D eigenvalue weighted by molar-refractivity contribution is -0.137. The number of aliphatic hydroxyl groups excluding tert-OH is 2. The van der Waals surface area contributed by atoms with Crippen LogP contribution in [0.3, 0.4) is 0 Å². The van der Waals surface area contributed by atoms with E-state index in [-0.39, 0.29) is 40.9 Å². The summed E-state index contributed by atoms with van der Waals surface area (Å²) in [6.45, 7) is 11.9. The molecule has 1 amide bonds. The van der Waals surface area contributed by atoms with E-state index < -0.39 is 0 Å². The molecular weight excluding hydrogens is 410 g/mol. The van der Waals surface area contributed by atoms with Gasteiger partial charge in [0.05, 0.1) is 12.2 Å². The molecule has 2 saturated carbocycles. The van der Waals surface area contributed by atoms with Crippen LogP contribution < -0.4 is 0 Å². The van der Waals surface area contributed by atoms with Gasteiger partial charge in [-0.2, -0.15) is 0 Å². The Bertz CT molecular complexity index is 863. The van der Waals surface area contributed by atoms with Gasteiger partial charge in [-0.1, -0.05) is 51.0 Å². The average Bonchev–Trinajstić information content (AvgIpc) is 3.05. The van der Waals surface area contributed by atoms with Crippen molar-refractivity contribution in [3.05, 3.63) is 23.3 Å². The lowest BCUT2D eigenvalue weighted by atomic mass is 9.51. The number of hydrogen-bond donors (Lipinski definition) is 2. The number of rotatable bonds is 2. The van der Waals surface area contributed by atoms with Crippen molar-refractivity contribution >= 4 is 5.91 Å². The highest BCUT2D eigenvalue weighted by Gasteiger charge is 2.59.